The zero-order chi connectivity index (χ0) is 20.8. The molecule has 3 aromatic carbocycles. The fourth-order valence-electron chi connectivity index (χ4n) is 3.01. The van der Waals surface area contributed by atoms with Crippen LogP contribution in [0.2, 0.25) is 0 Å². The first-order chi connectivity index (χ1) is 14.7. The number of nitrogens with zero attached hydrogens (tertiary/aromatic N) is 3. The topological polar surface area (TPSA) is 70.1 Å². The van der Waals surface area contributed by atoms with Crippen LogP contribution >= 0.6 is 11.3 Å². The fourth-order valence-corrected chi connectivity index (χ4v) is 3.88. The number of benzene rings is 3. The Kier molecular flexibility index (Phi) is 6.06. The van der Waals surface area contributed by atoms with Gasteiger partial charge in [0.25, 0.3) is 0 Å². The highest BCUT2D eigenvalue weighted by Crippen LogP contribution is 2.22. The Morgan fingerprint density at radius 1 is 0.900 bits per heavy atom. The molecule has 0 saturated heterocycles. The molecule has 6 heteroatoms. The Labute approximate surface area is 178 Å². The second-order valence-electron chi connectivity index (χ2n) is 6.69. The maximum absolute atomic E-state index is 10.1. The molecule has 5 nitrogen and oxygen atoms in total. The van der Waals surface area contributed by atoms with Crippen LogP contribution in [-0.2, 0) is 6.42 Å². The monoisotopic (exact) mass is 415 g/mol. The summed E-state index contributed by atoms with van der Waals surface area (Å²) in [5.41, 5.74) is 3.71. The van der Waals surface area contributed by atoms with E-state index in [1.54, 1.807) is 17.0 Å². The molecule has 0 aliphatic carbocycles. The van der Waals surface area contributed by atoms with Gasteiger partial charge in [0.2, 0.25) is 4.80 Å². The summed E-state index contributed by atoms with van der Waals surface area (Å²) in [6, 6.07) is 24.7. The Balaban J connectivity index is 1.69. The van der Waals surface area contributed by atoms with E-state index in [1.807, 2.05) is 53.9 Å². The molecular weight excluding hydrogens is 394 g/mol. The van der Waals surface area contributed by atoms with Gasteiger partial charge >= 0.3 is 0 Å². The largest absolute Gasteiger partial charge is 0.508 e. The lowest BCUT2D eigenvalue weighted by molar-refractivity contribution is 0.450. The summed E-state index contributed by atoms with van der Waals surface area (Å²) >= 11 is 1.53. The predicted octanol–water partition coefficient (Wildman–Crippen LogP) is 4.65. The molecule has 2 N–H and O–H groups in total. The van der Waals surface area contributed by atoms with Gasteiger partial charge in [0, 0.05) is 29.1 Å². The normalized spacial score (nSPS) is 11.9. The minimum Gasteiger partial charge on any atom is -0.508 e. The van der Waals surface area contributed by atoms with Gasteiger partial charge in [-0.05, 0) is 24.1 Å². The van der Waals surface area contributed by atoms with E-state index in [1.165, 1.54) is 29.0 Å². The number of aromatic hydroxyl groups is 2. The molecular formula is C24H21N3O2S. The first-order valence-corrected chi connectivity index (χ1v) is 10.5. The second kappa shape index (κ2) is 9.24. The third kappa shape index (κ3) is 4.67. The van der Waals surface area contributed by atoms with Crippen molar-refractivity contribution in [2.45, 2.75) is 6.42 Å². The summed E-state index contributed by atoms with van der Waals surface area (Å²) in [7, 11) is 0. The van der Waals surface area contributed by atoms with Crippen LogP contribution in [0, 0.1) is 0 Å². The summed E-state index contributed by atoms with van der Waals surface area (Å²) in [4.78, 5) is 5.54. The van der Waals surface area contributed by atoms with E-state index in [9.17, 15) is 10.2 Å². The molecule has 0 spiro atoms. The molecule has 0 atom stereocenters. The van der Waals surface area contributed by atoms with Gasteiger partial charge in [0.05, 0.1) is 11.9 Å². The van der Waals surface area contributed by atoms with Gasteiger partial charge in [-0.15, -0.1) is 11.3 Å². The second-order valence-corrected chi connectivity index (χ2v) is 7.52. The molecule has 0 unspecified atom stereocenters. The Hall–Kier alpha value is -3.64. The highest BCUT2D eigenvalue weighted by molar-refractivity contribution is 7.07. The lowest BCUT2D eigenvalue weighted by atomic mass is 10.2. The van der Waals surface area contributed by atoms with Crippen LogP contribution < -0.4 is 4.80 Å². The molecule has 0 saturated carbocycles. The Morgan fingerprint density at radius 3 is 2.37 bits per heavy atom. The molecule has 4 rings (SSSR count). The first-order valence-electron chi connectivity index (χ1n) is 9.57. The average Bonchev–Trinajstić information content (AvgIpc) is 3.17. The highest BCUT2D eigenvalue weighted by atomic mass is 32.1. The van der Waals surface area contributed by atoms with Gasteiger partial charge in [-0.25, -0.2) is 4.68 Å². The van der Waals surface area contributed by atoms with Crippen molar-refractivity contribution in [3.05, 3.63) is 100 Å². The van der Waals surface area contributed by atoms with E-state index >= 15 is 0 Å². The third-order valence-electron chi connectivity index (χ3n) is 4.57. The van der Waals surface area contributed by atoms with Crippen LogP contribution in [0.4, 0.5) is 0 Å². The Morgan fingerprint density at radius 2 is 1.63 bits per heavy atom. The van der Waals surface area contributed by atoms with Crippen molar-refractivity contribution in [1.29, 1.82) is 0 Å². The molecule has 30 heavy (non-hydrogen) atoms. The Bertz CT molecular complexity index is 1210. The van der Waals surface area contributed by atoms with Gasteiger partial charge < -0.3 is 10.2 Å². The molecule has 0 bridgehead atoms. The van der Waals surface area contributed by atoms with E-state index in [0.29, 0.717) is 12.1 Å². The molecule has 150 valence electrons. The molecule has 4 aromatic rings. The van der Waals surface area contributed by atoms with Crippen molar-refractivity contribution in [1.82, 2.24) is 4.68 Å². The van der Waals surface area contributed by atoms with Gasteiger partial charge in [-0.3, -0.25) is 4.99 Å². The highest BCUT2D eigenvalue weighted by Gasteiger charge is 2.07. The smallest absolute Gasteiger partial charge is 0.206 e. The number of hydrogen-bond acceptors (Lipinski definition) is 5. The maximum Gasteiger partial charge on any atom is 0.206 e. The molecule has 0 aliphatic heterocycles. The van der Waals surface area contributed by atoms with Crippen molar-refractivity contribution in [2.75, 3.05) is 6.54 Å². The number of thiazole rings is 1. The van der Waals surface area contributed by atoms with Crippen molar-refractivity contribution in [3.8, 4) is 22.8 Å². The summed E-state index contributed by atoms with van der Waals surface area (Å²) in [6.07, 6.45) is 2.42. The van der Waals surface area contributed by atoms with Crippen LogP contribution in [0.1, 0.15) is 11.1 Å². The summed E-state index contributed by atoms with van der Waals surface area (Å²) in [5.74, 6) is -0.0205. The minimum absolute atomic E-state index is 0.00871. The predicted molar refractivity (Wildman–Crippen MR) is 121 cm³/mol. The van der Waals surface area contributed by atoms with E-state index in [4.69, 9.17) is 4.99 Å². The standard InChI is InChI=1S/C24H21N3O2S/c28-21-12-11-20(23(29)15-21)16-26-27-22(19-9-5-2-6-10-19)17-30-24(27)25-14-13-18-7-3-1-4-8-18/h1-12,15-17,28-29H,13-14H2. The average molecular weight is 416 g/mol. The van der Waals surface area contributed by atoms with Crippen LogP contribution in [0.15, 0.2) is 94.3 Å². The molecule has 0 amide bonds. The molecule has 1 aromatic heterocycles. The van der Waals surface area contributed by atoms with Crippen LogP contribution in [0.5, 0.6) is 11.5 Å². The zero-order valence-electron chi connectivity index (χ0n) is 16.2. The van der Waals surface area contributed by atoms with Crippen LogP contribution in [-0.4, -0.2) is 27.6 Å². The molecule has 0 aliphatic rings. The van der Waals surface area contributed by atoms with Gasteiger partial charge in [-0.1, -0.05) is 60.7 Å². The number of phenolic OH excluding ortho intramolecular Hbond substituents is 2. The van der Waals surface area contributed by atoms with E-state index in [-0.39, 0.29) is 11.5 Å². The van der Waals surface area contributed by atoms with E-state index in [2.05, 4.69) is 17.2 Å². The van der Waals surface area contributed by atoms with E-state index in [0.717, 1.165) is 22.5 Å². The summed E-state index contributed by atoms with van der Waals surface area (Å²) in [6.45, 7) is 0.652. The lowest BCUT2D eigenvalue weighted by Crippen LogP contribution is -2.13. The van der Waals surface area contributed by atoms with Crippen LogP contribution in [0.3, 0.4) is 0 Å². The SMILES string of the molecule is Oc1ccc(C=Nn2c(-c3ccccc3)csc2=NCCc2ccccc2)c(O)c1. The molecule has 1 heterocycles. The number of rotatable bonds is 6. The number of aromatic nitrogens is 1. The lowest BCUT2D eigenvalue weighted by Gasteiger charge is -2.04. The maximum atomic E-state index is 10.1. The zero-order valence-corrected chi connectivity index (χ0v) is 17.0. The minimum atomic E-state index is -0.0293. The summed E-state index contributed by atoms with van der Waals surface area (Å²) < 4.78 is 1.79. The van der Waals surface area contributed by atoms with Gasteiger partial charge in [0.15, 0.2) is 0 Å². The van der Waals surface area contributed by atoms with E-state index < -0.39 is 0 Å². The first kappa shape index (κ1) is 19.7. The van der Waals surface area contributed by atoms with Crippen LogP contribution in [0.25, 0.3) is 11.3 Å². The summed E-state index contributed by atoms with van der Waals surface area (Å²) in [5, 5.41) is 26.2. The third-order valence-corrected chi connectivity index (χ3v) is 5.43. The quantitative estimate of drug-likeness (QED) is 0.450. The van der Waals surface area contributed by atoms with Crippen molar-refractivity contribution in [3.63, 3.8) is 0 Å². The molecule has 0 radical (unpaired) electrons. The van der Waals surface area contributed by atoms with Crippen molar-refractivity contribution >= 4 is 17.6 Å². The number of phenols is 2. The number of hydrogen-bond donors (Lipinski definition) is 2. The van der Waals surface area contributed by atoms with Gasteiger partial charge in [-0.2, -0.15) is 5.10 Å². The van der Waals surface area contributed by atoms with Crippen molar-refractivity contribution < 1.29 is 10.2 Å². The molecule has 0 fully saturated rings. The fraction of sp³-hybridized carbons (Fsp3) is 0.0833. The van der Waals surface area contributed by atoms with Gasteiger partial charge in [0.1, 0.15) is 11.5 Å². The van der Waals surface area contributed by atoms with Crippen molar-refractivity contribution in [2.24, 2.45) is 10.1 Å².